The van der Waals surface area contributed by atoms with Crippen molar-refractivity contribution in [2.75, 3.05) is 12.8 Å². The molecule has 3 N–H and O–H groups in total. The Hall–Kier alpha value is -4.41. The van der Waals surface area contributed by atoms with E-state index in [1.165, 1.54) is 43.7 Å². The molecule has 6 nitrogen and oxygen atoms in total. The first-order valence-electron chi connectivity index (χ1n) is 11.1. The van der Waals surface area contributed by atoms with E-state index in [0.29, 0.717) is 28.2 Å². The number of anilines is 1. The average Bonchev–Trinajstić information content (AvgIpc) is 3.29. The SMILES string of the molecule is COc1ccc(-c2ccc(CN3Cc4nc(-c5cccc(F)c5F)[nH]c4C=N3)c(N)c2)c(C(F)(F)F)c1. The smallest absolute Gasteiger partial charge is 0.417 e. The van der Waals surface area contributed by atoms with Gasteiger partial charge in [0.1, 0.15) is 11.6 Å². The van der Waals surface area contributed by atoms with Crippen molar-refractivity contribution in [3.05, 3.63) is 88.7 Å². The van der Waals surface area contributed by atoms with E-state index in [9.17, 15) is 22.0 Å². The third kappa shape index (κ3) is 4.72. The van der Waals surface area contributed by atoms with Crippen molar-refractivity contribution in [2.24, 2.45) is 5.10 Å². The number of nitrogen functional groups attached to an aromatic ring is 1. The molecule has 0 radical (unpaired) electrons. The maximum atomic E-state index is 14.2. The van der Waals surface area contributed by atoms with Crippen LogP contribution >= 0.6 is 0 Å². The molecular weight excluding hydrogens is 493 g/mol. The van der Waals surface area contributed by atoms with E-state index in [-0.39, 0.29) is 35.8 Å². The summed E-state index contributed by atoms with van der Waals surface area (Å²) >= 11 is 0. The zero-order valence-corrected chi connectivity index (χ0v) is 19.4. The number of hydrogen-bond donors (Lipinski definition) is 2. The Balaban J connectivity index is 1.37. The first kappa shape index (κ1) is 24.3. The van der Waals surface area contributed by atoms with E-state index in [2.05, 4.69) is 15.1 Å². The average molecular weight is 513 g/mol. The molecule has 0 aliphatic carbocycles. The van der Waals surface area contributed by atoms with Crippen LogP contribution in [0.4, 0.5) is 27.6 Å². The lowest BCUT2D eigenvalue weighted by atomic mass is 9.97. The molecule has 1 aliphatic rings. The predicted octanol–water partition coefficient (Wildman–Crippen LogP) is 5.98. The van der Waals surface area contributed by atoms with Gasteiger partial charge < -0.3 is 15.5 Å². The zero-order chi connectivity index (χ0) is 26.3. The van der Waals surface area contributed by atoms with Gasteiger partial charge in [-0.25, -0.2) is 13.8 Å². The van der Waals surface area contributed by atoms with Crippen LogP contribution in [0, 0.1) is 11.6 Å². The van der Waals surface area contributed by atoms with Crippen LogP contribution in [0.25, 0.3) is 22.5 Å². The lowest BCUT2D eigenvalue weighted by Gasteiger charge is -2.22. The number of rotatable bonds is 5. The first-order valence-corrected chi connectivity index (χ1v) is 11.1. The van der Waals surface area contributed by atoms with Crippen LogP contribution in [0.1, 0.15) is 22.5 Å². The van der Waals surface area contributed by atoms with Gasteiger partial charge in [0.25, 0.3) is 0 Å². The van der Waals surface area contributed by atoms with Crippen LogP contribution in [0.15, 0.2) is 59.7 Å². The van der Waals surface area contributed by atoms with Crippen molar-refractivity contribution in [3.8, 4) is 28.3 Å². The fourth-order valence-electron chi connectivity index (χ4n) is 4.15. The molecule has 0 fully saturated rings. The van der Waals surface area contributed by atoms with Crippen molar-refractivity contribution in [1.82, 2.24) is 15.0 Å². The van der Waals surface area contributed by atoms with E-state index in [1.54, 1.807) is 17.1 Å². The lowest BCUT2D eigenvalue weighted by molar-refractivity contribution is -0.137. The summed E-state index contributed by atoms with van der Waals surface area (Å²) in [5.41, 5.74) is 7.79. The summed E-state index contributed by atoms with van der Waals surface area (Å²) < 4.78 is 73.7. The summed E-state index contributed by atoms with van der Waals surface area (Å²) in [6.45, 7) is 0.518. The van der Waals surface area contributed by atoms with Crippen LogP contribution in [0.5, 0.6) is 5.75 Å². The number of halogens is 5. The van der Waals surface area contributed by atoms with Crippen LogP contribution in [0.2, 0.25) is 0 Å². The highest BCUT2D eigenvalue weighted by atomic mass is 19.4. The number of nitrogens with zero attached hydrogens (tertiary/aromatic N) is 3. The number of H-pyrrole nitrogens is 1. The second kappa shape index (κ2) is 9.23. The minimum atomic E-state index is -4.58. The Morgan fingerprint density at radius 1 is 1.05 bits per heavy atom. The number of nitrogens with two attached hydrogens (primary N) is 1. The lowest BCUT2D eigenvalue weighted by Crippen LogP contribution is -2.22. The van der Waals surface area contributed by atoms with E-state index in [0.717, 1.165) is 12.1 Å². The number of hydrogen-bond acceptors (Lipinski definition) is 5. The van der Waals surface area contributed by atoms with Crippen LogP contribution in [-0.2, 0) is 19.3 Å². The number of nitrogens with one attached hydrogen (secondary N) is 1. The summed E-state index contributed by atoms with van der Waals surface area (Å²) in [6, 6.07) is 12.3. The molecule has 4 aromatic rings. The Kier molecular flexibility index (Phi) is 6.06. The van der Waals surface area contributed by atoms with Crippen molar-refractivity contribution in [3.63, 3.8) is 0 Å². The van der Waals surface area contributed by atoms with Crippen molar-refractivity contribution in [1.29, 1.82) is 0 Å². The summed E-state index contributed by atoms with van der Waals surface area (Å²) in [4.78, 5) is 7.34. The second-order valence-corrected chi connectivity index (χ2v) is 8.44. The van der Waals surface area contributed by atoms with Gasteiger partial charge in [0.15, 0.2) is 11.6 Å². The number of hydrazone groups is 1. The number of fused-ring (bicyclic) bond motifs is 1. The molecule has 3 aromatic carbocycles. The third-order valence-corrected chi connectivity index (χ3v) is 6.04. The van der Waals surface area contributed by atoms with E-state index < -0.39 is 23.4 Å². The fraction of sp³-hybridized carbons (Fsp3) is 0.154. The zero-order valence-electron chi connectivity index (χ0n) is 19.4. The molecule has 11 heteroatoms. The Morgan fingerprint density at radius 2 is 1.86 bits per heavy atom. The highest BCUT2D eigenvalue weighted by molar-refractivity contribution is 5.81. The molecule has 1 aliphatic heterocycles. The number of aromatic amines is 1. The van der Waals surface area contributed by atoms with E-state index in [4.69, 9.17) is 10.5 Å². The van der Waals surface area contributed by atoms with Gasteiger partial charge in [-0.3, -0.25) is 5.01 Å². The molecular formula is C26H20F5N5O. The van der Waals surface area contributed by atoms with Gasteiger partial charge in [-0.1, -0.05) is 24.3 Å². The molecule has 0 bridgehead atoms. The molecule has 1 aromatic heterocycles. The third-order valence-electron chi connectivity index (χ3n) is 6.04. The molecule has 0 amide bonds. The molecule has 5 rings (SSSR count). The minimum absolute atomic E-state index is 0.00550. The maximum Gasteiger partial charge on any atom is 0.417 e. The van der Waals surface area contributed by atoms with Gasteiger partial charge in [-0.15, -0.1) is 0 Å². The number of aromatic nitrogens is 2. The number of benzene rings is 3. The first-order chi connectivity index (χ1) is 17.6. The van der Waals surface area contributed by atoms with Gasteiger partial charge in [-0.05, 0) is 47.0 Å². The van der Waals surface area contributed by atoms with Crippen molar-refractivity contribution >= 4 is 11.9 Å². The topological polar surface area (TPSA) is 79.5 Å². The quantitative estimate of drug-likeness (QED) is 0.254. The highest BCUT2D eigenvalue weighted by Crippen LogP contribution is 2.40. The predicted molar refractivity (Wildman–Crippen MR) is 129 cm³/mol. The van der Waals surface area contributed by atoms with Gasteiger partial charge in [0.05, 0.1) is 48.9 Å². The van der Waals surface area contributed by atoms with Crippen LogP contribution < -0.4 is 10.5 Å². The number of alkyl halides is 3. The highest BCUT2D eigenvalue weighted by Gasteiger charge is 2.34. The van der Waals surface area contributed by atoms with Gasteiger partial charge >= 0.3 is 6.18 Å². The monoisotopic (exact) mass is 513 g/mol. The number of ether oxygens (including phenoxy) is 1. The molecule has 37 heavy (non-hydrogen) atoms. The Bertz CT molecular complexity index is 1510. The van der Waals surface area contributed by atoms with Crippen LogP contribution in [-0.4, -0.2) is 28.3 Å². The van der Waals surface area contributed by atoms with Crippen molar-refractivity contribution < 1.29 is 26.7 Å². The molecule has 0 unspecified atom stereocenters. The van der Waals surface area contributed by atoms with Crippen molar-refractivity contribution in [2.45, 2.75) is 19.3 Å². The number of imidazole rings is 1. The maximum absolute atomic E-state index is 14.2. The van der Waals surface area contributed by atoms with Gasteiger partial charge in [0, 0.05) is 5.69 Å². The largest absolute Gasteiger partial charge is 0.497 e. The summed E-state index contributed by atoms with van der Waals surface area (Å²) in [5, 5.41) is 6.01. The van der Waals surface area contributed by atoms with Gasteiger partial charge in [0.2, 0.25) is 0 Å². The summed E-state index contributed by atoms with van der Waals surface area (Å²) in [6.07, 6.45) is -3.06. The fourth-order valence-corrected chi connectivity index (χ4v) is 4.15. The van der Waals surface area contributed by atoms with Gasteiger partial charge in [-0.2, -0.15) is 18.3 Å². The number of methoxy groups -OCH3 is 1. The summed E-state index contributed by atoms with van der Waals surface area (Å²) in [5.74, 6) is -1.69. The normalized spacial score (nSPS) is 13.1. The Labute approximate surface area is 208 Å². The second-order valence-electron chi connectivity index (χ2n) is 8.44. The molecule has 0 atom stereocenters. The minimum Gasteiger partial charge on any atom is -0.497 e. The standard InChI is InChI=1S/C26H20F5N5O/c1-37-16-7-8-17(19(10-16)26(29,30)31)14-5-6-15(21(32)9-14)12-36-13-23-22(11-33-36)34-25(35-23)18-3-2-4-20(27)24(18)28/h2-11H,12-13,32H2,1H3,(H,34,35). The molecule has 2 heterocycles. The van der Waals surface area contributed by atoms with E-state index >= 15 is 0 Å². The molecule has 0 saturated carbocycles. The van der Waals surface area contributed by atoms with E-state index in [1.807, 2.05) is 0 Å². The Morgan fingerprint density at radius 3 is 2.59 bits per heavy atom. The summed E-state index contributed by atoms with van der Waals surface area (Å²) in [7, 11) is 1.30. The molecule has 190 valence electrons. The molecule has 0 saturated heterocycles. The van der Waals surface area contributed by atoms with Crippen LogP contribution in [0.3, 0.4) is 0 Å². The molecule has 0 spiro atoms.